The first-order chi connectivity index (χ1) is 3.81. The minimum Gasteiger partial charge on any atom is -0.392 e. The van der Waals surface area contributed by atoms with Crippen LogP contribution >= 0.6 is 0 Å². The molecule has 0 aromatic rings. The molecule has 0 saturated carbocycles. The van der Waals surface area contributed by atoms with Gasteiger partial charge in [0.05, 0.1) is 6.61 Å². The minimum absolute atomic E-state index is 0.139. The van der Waals surface area contributed by atoms with Crippen molar-refractivity contribution in [1.29, 1.82) is 0 Å². The van der Waals surface area contributed by atoms with Gasteiger partial charge in [-0.05, 0) is 13.3 Å². The van der Waals surface area contributed by atoms with Gasteiger partial charge < -0.3 is 5.11 Å². The Morgan fingerprint density at radius 3 is 2.75 bits per heavy atom. The molecular weight excluding hydrogens is 100 g/mol. The van der Waals surface area contributed by atoms with Gasteiger partial charge in [0.15, 0.2) is 0 Å². The van der Waals surface area contributed by atoms with Gasteiger partial charge in [-0.2, -0.15) is 0 Å². The lowest BCUT2D eigenvalue weighted by Gasteiger charge is -1.90. The number of rotatable bonds is 3. The van der Waals surface area contributed by atoms with Gasteiger partial charge in [0.2, 0.25) is 0 Å². The monoisotopic (exact) mass is 112 g/mol. The van der Waals surface area contributed by atoms with Crippen molar-refractivity contribution < 1.29 is 5.11 Å². The second-order valence-electron chi connectivity index (χ2n) is 1.73. The molecule has 1 heteroatoms. The first-order valence-electron chi connectivity index (χ1n) is 2.68. The summed E-state index contributed by atoms with van der Waals surface area (Å²) in [4.78, 5) is 0. The van der Waals surface area contributed by atoms with E-state index in [-0.39, 0.29) is 6.61 Å². The van der Waals surface area contributed by atoms with E-state index in [1.807, 2.05) is 13.0 Å². The summed E-state index contributed by atoms with van der Waals surface area (Å²) in [5, 5.41) is 8.35. The molecule has 0 bridgehead atoms. The molecule has 0 amide bonds. The summed E-state index contributed by atoms with van der Waals surface area (Å²) >= 11 is 0. The van der Waals surface area contributed by atoms with Crippen LogP contribution in [0.5, 0.6) is 0 Å². The van der Waals surface area contributed by atoms with E-state index in [2.05, 4.69) is 6.58 Å². The third-order valence-electron chi connectivity index (χ3n) is 0.906. The predicted molar refractivity (Wildman–Crippen MR) is 35.7 cm³/mol. The summed E-state index contributed by atoms with van der Waals surface area (Å²) in [6.07, 6.45) is 4.48. The predicted octanol–water partition coefficient (Wildman–Crippen LogP) is 1.50. The van der Waals surface area contributed by atoms with Crippen molar-refractivity contribution in [1.82, 2.24) is 0 Å². The van der Waals surface area contributed by atoms with Crippen molar-refractivity contribution in [3.8, 4) is 0 Å². The molecule has 0 unspecified atom stereocenters. The molecule has 0 rings (SSSR count). The van der Waals surface area contributed by atoms with Gasteiger partial charge in [0, 0.05) is 0 Å². The van der Waals surface area contributed by atoms with Crippen LogP contribution < -0.4 is 0 Å². The fraction of sp³-hybridized carbons (Fsp3) is 0.429. The van der Waals surface area contributed by atoms with E-state index >= 15 is 0 Å². The van der Waals surface area contributed by atoms with Crippen molar-refractivity contribution in [2.24, 2.45) is 0 Å². The highest BCUT2D eigenvalue weighted by Gasteiger charge is 1.79. The molecule has 1 N–H and O–H groups in total. The molecule has 0 aliphatic carbocycles. The normalized spacial score (nSPS) is 11.5. The second-order valence-corrected chi connectivity index (χ2v) is 1.73. The second kappa shape index (κ2) is 4.60. The number of aliphatic hydroxyl groups is 1. The number of hydrogen-bond donors (Lipinski definition) is 1. The van der Waals surface area contributed by atoms with Crippen molar-refractivity contribution in [2.45, 2.75) is 13.3 Å². The largest absolute Gasteiger partial charge is 0.392 e. The quantitative estimate of drug-likeness (QED) is 0.548. The third-order valence-corrected chi connectivity index (χ3v) is 0.906. The van der Waals surface area contributed by atoms with Gasteiger partial charge in [0.1, 0.15) is 0 Å². The molecule has 0 aliphatic heterocycles. The highest BCUT2D eigenvalue weighted by atomic mass is 16.2. The molecule has 0 atom stereocenters. The highest BCUT2D eigenvalue weighted by Crippen LogP contribution is 1.97. The molecular formula is C7H12O. The smallest absolute Gasteiger partial charge is 0.0615 e. The lowest BCUT2D eigenvalue weighted by Crippen LogP contribution is -1.76. The zero-order valence-electron chi connectivity index (χ0n) is 5.22. The van der Waals surface area contributed by atoms with Crippen LogP contribution in [0, 0.1) is 0 Å². The molecule has 8 heavy (non-hydrogen) atoms. The zero-order valence-corrected chi connectivity index (χ0v) is 5.22. The van der Waals surface area contributed by atoms with Crippen molar-refractivity contribution in [3.05, 3.63) is 24.3 Å². The summed E-state index contributed by atoms with van der Waals surface area (Å²) in [6.45, 7) is 5.67. The van der Waals surface area contributed by atoms with Crippen molar-refractivity contribution in [3.63, 3.8) is 0 Å². The molecule has 0 spiro atoms. The number of aliphatic hydroxyl groups excluding tert-OH is 1. The molecule has 0 aromatic carbocycles. The summed E-state index contributed by atoms with van der Waals surface area (Å²) in [6, 6.07) is 0. The number of allylic oxidation sites excluding steroid dienone is 2. The maximum absolute atomic E-state index is 8.35. The van der Waals surface area contributed by atoms with Crippen LogP contribution in [-0.2, 0) is 0 Å². The Balaban J connectivity index is 3.44. The summed E-state index contributed by atoms with van der Waals surface area (Å²) in [5.41, 5.74) is 1.17. The van der Waals surface area contributed by atoms with Crippen LogP contribution in [0.3, 0.4) is 0 Å². The minimum atomic E-state index is 0.139. The topological polar surface area (TPSA) is 20.2 Å². The van der Waals surface area contributed by atoms with Crippen LogP contribution in [0.4, 0.5) is 0 Å². The molecule has 0 saturated heterocycles. The summed E-state index contributed by atoms with van der Waals surface area (Å²) < 4.78 is 0. The lowest BCUT2D eigenvalue weighted by molar-refractivity contribution is 0.341. The molecule has 0 aromatic heterocycles. The van der Waals surface area contributed by atoms with E-state index < -0.39 is 0 Å². The molecule has 0 fully saturated rings. The molecule has 0 heterocycles. The summed E-state index contributed by atoms with van der Waals surface area (Å²) in [5.74, 6) is 0. The van der Waals surface area contributed by atoms with Gasteiger partial charge in [-0.3, -0.25) is 0 Å². The Morgan fingerprint density at radius 1 is 1.75 bits per heavy atom. The van der Waals surface area contributed by atoms with E-state index in [1.165, 1.54) is 5.57 Å². The van der Waals surface area contributed by atoms with Crippen molar-refractivity contribution in [2.75, 3.05) is 6.61 Å². The Hall–Kier alpha value is -0.560. The zero-order chi connectivity index (χ0) is 6.41. The maximum Gasteiger partial charge on any atom is 0.0615 e. The van der Waals surface area contributed by atoms with Crippen LogP contribution in [0.1, 0.15) is 13.3 Å². The van der Waals surface area contributed by atoms with Gasteiger partial charge in [0.25, 0.3) is 0 Å². The van der Waals surface area contributed by atoms with Crippen molar-refractivity contribution >= 4 is 0 Å². The van der Waals surface area contributed by atoms with Crippen LogP contribution in [0.2, 0.25) is 0 Å². The maximum atomic E-state index is 8.35. The first kappa shape index (κ1) is 7.44. The van der Waals surface area contributed by atoms with Crippen LogP contribution in [0.25, 0.3) is 0 Å². The fourth-order valence-corrected chi connectivity index (χ4v) is 0.467. The van der Waals surface area contributed by atoms with E-state index in [4.69, 9.17) is 5.11 Å². The van der Waals surface area contributed by atoms with Crippen LogP contribution in [-0.4, -0.2) is 11.7 Å². The molecule has 0 radical (unpaired) electrons. The SMILES string of the molecule is C=CCC(C)=CCO. The highest BCUT2D eigenvalue weighted by molar-refractivity contribution is 5.02. The average Bonchev–Trinajstić information content (AvgIpc) is 1.68. The molecule has 0 aliphatic rings. The van der Waals surface area contributed by atoms with E-state index in [0.717, 1.165) is 6.42 Å². The Kier molecular flexibility index (Phi) is 4.27. The Bertz CT molecular complexity index is 92.6. The summed E-state index contributed by atoms with van der Waals surface area (Å²) in [7, 11) is 0. The van der Waals surface area contributed by atoms with E-state index in [0.29, 0.717) is 0 Å². The van der Waals surface area contributed by atoms with Crippen LogP contribution in [0.15, 0.2) is 24.3 Å². The Labute approximate surface area is 50.3 Å². The van der Waals surface area contributed by atoms with Gasteiger partial charge >= 0.3 is 0 Å². The van der Waals surface area contributed by atoms with E-state index in [9.17, 15) is 0 Å². The van der Waals surface area contributed by atoms with E-state index in [1.54, 1.807) is 6.08 Å². The van der Waals surface area contributed by atoms with Gasteiger partial charge in [-0.15, -0.1) is 6.58 Å². The van der Waals surface area contributed by atoms with Gasteiger partial charge in [-0.1, -0.05) is 17.7 Å². The Morgan fingerprint density at radius 2 is 2.38 bits per heavy atom. The number of hydrogen-bond acceptors (Lipinski definition) is 1. The average molecular weight is 112 g/mol. The molecule has 1 nitrogen and oxygen atoms in total. The lowest BCUT2D eigenvalue weighted by atomic mass is 10.2. The third kappa shape index (κ3) is 3.62. The van der Waals surface area contributed by atoms with Gasteiger partial charge in [-0.25, -0.2) is 0 Å². The fourth-order valence-electron chi connectivity index (χ4n) is 0.467. The molecule has 46 valence electrons. The standard InChI is InChI=1S/C7H12O/c1-3-4-7(2)5-6-8/h3,5,8H,1,4,6H2,2H3. The first-order valence-corrected chi connectivity index (χ1v) is 2.68.